The van der Waals surface area contributed by atoms with Crippen molar-refractivity contribution >= 4 is 23.2 Å². The zero-order valence-electron chi connectivity index (χ0n) is 15.4. The van der Waals surface area contributed by atoms with Gasteiger partial charge in [-0.2, -0.15) is 0 Å². The first kappa shape index (κ1) is 20.1. The molecule has 0 aliphatic rings. The standard InChI is InChI=1S/C20H25ClN2O3/c1-4-26-17-8-5-15(6-9-17)14-23(20(24)11-12-22-2)16-7-10-19(25-3)18(21)13-16/h5-10,13,22H,4,11-12,14H2,1-3H3. The predicted molar refractivity (Wildman–Crippen MR) is 105 cm³/mol. The van der Waals surface area contributed by atoms with Gasteiger partial charge < -0.3 is 19.7 Å². The minimum atomic E-state index is 0.0227. The molecule has 26 heavy (non-hydrogen) atoms. The summed E-state index contributed by atoms with van der Waals surface area (Å²) in [5.74, 6) is 1.42. The average molecular weight is 377 g/mol. The lowest BCUT2D eigenvalue weighted by Gasteiger charge is -2.24. The maximum Gasteiger partial charge on any atom is 0.228 e. The number of amides is 1. The van der Waals surface area contributed by atoms with E-state index in [9.17, 15) is 4.79 Å². The maximum atomic E-state index is 12.7. The molecule has 5 nitrogen and oxygen atoms in total. The van der Waals surface area contributed by atoms with Crippen LogP contribution in [-0.2, 0) is 11.3 Å². The first-order chi connectivity index (χ1) is 12.6. The van der Waals surface area contributed by atoms with Gasteiger partial charge in [0, 0.05) is 18.7 Å². The van der Waals surface area contributed by atoms with Crippen molar-refractivity contribution in [3.05, 3.63) is 53.1 Å². The van der Waals surface area contributed by atoms with Crippen LogP contribution in [0.1, 0.15) is 18.9 Å². The number of hydrogen-bond donors (Lipinski definition) is 1. The number of carbonyl (C=O) groups excluding carboxylic acids is 1. The Labute approximate surface area is 159 Å². The first-order valence-corrected chi connectivity index (χ1v) is 8.97. The Hall–Kier alpha value is -2.24. The van der Waals surface area contributed by atoms with Crippen LogP contribution in [-0.4, -0.2) is 33.2 Å². The van der Waals surface area contributed by atoms with Crippen LogP contribution in [0.5, 0.6) is 11.5 Å². The van der Waals surface area contributed by atoms with E-state index in [1.807, 2.05) is 44.3 Å². The van der Waals surface area contributed by atoms with Gasteiger partial charge in [0.05, 0.1) is 25.3 Å². The highest BCUT2D eigenvalue weighted by atomic mass is 35.5. The Morgan fingerprint density at radius 3 is 2.50 bits per heavy atom. The summed E-state index contributed by atoms with van der Waals surface area (Å²) in [4.78, 5) is 14.5. The molecule has 1 amide bonds. The number of rotatable bonds is 9. The van der Waals surface area contributed by atoms with Gasteiger partial charge in [-0.1, -0.05) is 23.7 Å². The van der Waals surface area contributed by atoms with Crippen molar-refractivity contribution in [3.63, 3.8) is 0 Å². The number of methoxy groups -OCH3 is 1. The Bertz CT molecular complexity index is 719. The van der Waals surface area contributed by atoms with E-state index in [1.54, 1.807) is 24.1 Å². The SMILES string of the molecule is CCOc1ccc(CN(C(=O)CCNC)c2ccc(OC)c(Cl)c2)cc1. The van der Waals surface area contributed by atoms with E-state index in [1.165, 1.54) is 0 Å². The van der Waals surface area contributed by atoms with Gasteiger partial charge in [-0.15, -0.1) is 0 Å². The molecule has 0 unspecified atom stereocenters. The highest BCUT2D eigenvalue weighted by Gasteiger charge is 2.17. The van der Waals surface area contributed by atoms with Crippen LogP contribution in [0.4, 0.5) is 5.69 Å². The molecule has 0 bridgehead atoms. The molecule has 0 aliphatic carbocycles. The molecule has 0 heterocycles. The lowest BCUT2D eigenvalue weighted by Crippen LogP contribution is -2.32. The largest absolute Gasteiger partial charge is 0.495 e. The topological polar surface area (TPSA) is 50.8 Å². The zero-order valence-corrected chi connectivity index (χ0v) is 16.2. The molecule has 1 N–H and O–H groups in total. The normalized spacial score (nSPS) is 10.5. The fourth-order valence-corrected chi connectivity index (χ4v) is 2.81. The van der Waals surface area contributed by atoms with Gasteiger partial charge in [-0.25, -0.2) is 0 Å². The number of hydrogen-bond acceptors (Lipinski definition) is 4. The number of halogens is 1. The van der Waals surface area contributed by atoms with E-state index in [0.717, 1.165) is 17.0 Å². The fraction of sp³-hybridized carbons (Fsp3) is 0.350. The second-order valence-corrected chi connectivity index (χ2v) is 6.14. The molecular formula is C20H25ClN2O3. The monoisotopic (exact) mass is 376 g/mol. The number of benzene rings is 2. The molecule has 0 saturated carbocycles. The lowest BCUT2D eigenvalue weighted by atomic mass is 10.1. The highest BCUT2D eigenvalue weighted by molar-refractivity contribution is 6.32. The van der Waals surface area contributed by atoms with Crippen molar-refractivity contribution in [1.82, 2.24) is 5.32 Å². The molecule has 0 fully saturated rings. The molecule has 0 atom stereocenters. The smallest absolute Gasteiger partial charge is 0.228 e. The summed E-state index contributed by atoms with van der Waals surface area (Å²) in [6, 6.07) is 13.1. The van der Waals surface area contributed by atoms with Gasteiger partial charge >= 0.3 is 0 Å². The third-order valence-corrected chi connectivity index (χ3v) is 4.21. The second kappa shape index (κ2) is 10.0. The minimum Gasteiger partial charge on any atom is -0.495 e. The van der Waals surface area contributed by atoms with E-state index in [-0.39, 0.29) is 5.91 Å². The summed E-state index contributed by atoms with van der Waals surface area (Å²) in [5, 5.41) is 3.48. The van der Waals surface area contributed by atoms with Crippen LogP contribution in [0.2, 0.25) is 5.02 Å². The van der Waals surface area contributed by atoms with Crippen molar-refractivity contribution in [3.8, 4) is 11.5 Å². The van der Waals surface area contributed by atoms with E-state index in [0.29, 0.717) is 36.9 Å². The zero-order chi connectivity index (χ0) is 18.9. The van der Waals surface area contributed by atoms with Crippen molar-refractivity contribution in [2.45, 2.75) is 19.9 Å². The van der Waals surface area contributed by atoms with E-state index >= 15 is 0 Å². The third kappa shape index (κ3) is 5.38. The van der Waals surface area contributed by atoms with Crippen LogP contribution >= 0.6 is 11.6 Å². The summed E-state index contributed by atoms with van der Waals surface area (Å²) >= 11 is 6.25. The molecule has 2 aromatic carbocycles. The lowest BCUT2D eigenvalue weighted by molar-refractivity contribution is -0.118. The first-order valence-electron chi connectivity index (χ1n) is 8.59. The number of nitrogens with one attached hydrogen (secondary N) is 1. The second-order valence-electron chi connectivity index (χ2n) is 5.73. The predicted octanol–water partition coefficient (Wildman–Crippen LogP) is 3.89. The van der Waals surface area contributed by atoms with Crippen molar-refractivity contribution in [2.24, 2.45) is 0 Å². The van der Waals surface area contributed by atoms with Gasteiger partial charge in [-0.3, -0.25) is 4.79 Å². The Morgan fingerprint density at radius 2 is 1.92 bits per heavy atom. The molecule has 6 heteroatoms. The third-order valence-electron chi connectivity index (χ3n) is 3.91. The van der Waals surface area contributed by atoms with E-state index in [4.69, 9.17) is 21.1 Å². The highest BCUT2D eigenvalue weighted by Crippen LogP contribution is 2.30. The Kier molecular flexibility index (Phi) is 7.75. The minimum absolute atomic E-state index is 0.0227. The molecule has 0 aromatic heterocycles. The molecule has 0 radical (unpaired) electrons. The van der Waals surface area contributed by atoms with Gasteiger partial charge in [0.15, 0.2) is 0 Å². The summed E-state index contributed by atoms with van der Waals surface area (Å²) in [6.07, 6.45) is 0.400. The van der Waals surface area contributed by atoms with Gasteiger partial charge in [0.25, 0.3) is 0 Å². The summed E-state index contributed by atoms with van der Waals surface area (Å²) < 4.78 is 10.7. The number of nitrogens with zero attached hydrogens (tertiary/aromatic N) is 1. The van der Waals surface area contributed by atoms with Crippen LogP contribution in [0.25, 0.3) is 0 Å². The van der Waals surface area contributed by atoms with Gasteiger partial charge in [0.2, 0.25) is 5.91 Å². The van der Waals surface area contributed by atoms with E-state index in [2.05, 4.69) is 5.32 Å². The number of ether oxygens (including phenoxy) is 2. The van der Waals surface area contributed by atoms with Crippen LogP contribution in [0.15, 0.2) is 42.5 Å². The maximum absolute atomic E-state index is 12.7. The van der Waals surface area contributed by atoms with Crippen molar-refractivity contribution in [2.75, 3.05) is 32.2 Å². The summed E-state index contributed by atoms with van der Waals surface area (Å²) in [7, 11) is 3.39. The summed E-state index contributed by atoms with van der Waals surface area (Å²) in [5.41, 5.74) is 1.75. The van der Waals surface area contributed by atoms with Gasteiger partial charge in [0.1, 0.15) is 11.5 Å². The Morgan fingerprint density at radius 1 is 1.19 bits per heavy atom. The van der Waals surface area contributed by atoms with Crippen molar-refractivity contribution < 1.29 is 14.3 Å². The molecular weight excluding hydrogens is 352 g/mol. The number of anilines is 1. The molecule has 0 aliphatic heterocycles. The number of carbonyl (C=O) groups is 1. The quantitative estimate of drug-likeness (QED) is 0.721. The van der Waals surface area contributed by atoms with Crippen LogP contribution < -0.4 is 19.7 Å². The molecule has 0 saturated heterocycles. The molecule has 2 aromatic rings. The van der Waals surface area contributed by atoms with Crippen LogP contribution in [0, 0.1) is 0 Å². The van der Waals surface area contributed by atoms with Gasteiger partial charge in [-0.05, 0) is 49.9 Å². The van der Waals surface area contributed by atoms with Crippen LogP contribution in [0.3, 0.4) is 0 Å². The van der Waals surface area contributed by atoms with Crippen molar-refractivity contribution in [1.29, 1.82) is 0 Å². The average Bonchev–Trinajstić information content (AvgIpc) is 2.65. The van der Waals surface area contributed by atoms with E-state index < -0.39 is 0 Å². The summed E-state index contributed by atoms with van der Waals surface area (Å²) in [6.45, 7) is 3.64. The molecule has 0 spiro atoms. The molecule has 140 valence electrons. The fourth-order valence-electron chi connectivity index (χ4n) is 2.55. The Balaban J connectivity index is 2.25. The molecule has 2 rings (SSSR count).